The number of benzene rings is 1. The molecule has 0 bridgehead atoms. The molecule has 0 spiro atoms. The zero-order valence-electron chi connectivity index (χ0n) is 15.3. The standard InChI is InChI=1S/C21H27N3O2/c25-21(20-9-8-17-5-1-2-7-19(17)22-20)24-11-4-3-6-18(24)10-12-23-13-15-26-16-14-23/h1-2,5,7-9,18H,3-4,6,10-16H2. The molecule has 5 nitrogen and oxygen atoms in total. The van der Waals surface area contributed by atoms with Gasteiger partial charge in [-0.3, -0.25) is 9.69 Å². The zero-order valence-corrected chi connectivity index (χ0v) is 15.3. The maximum atomic E-state index is 13.1. The number of nitrogens with zero attached hydrogens (tertiary/aromatic N) is 3. The van der Waals surface area contributed by atoms with Crippen LogP contribution in [0.15, 0.2) is 36.4 Å². The number of ether oxygens (including phenoxy) is 1. The number of rotatable bonds is 4. The molecule has 4 rings (SSSR count). The third-order valence-corrected chi connectivity index (χ3v) is 5.59. The van der Waals surface area contributed by atoms with E-state index < -0.39 is 0 Å². The number of likely N-dealkylation sites (tertiary alicyclic amines) is 1. The first-order valence-electron chi connectivity index (χ1n) is 9.78. The van der Waals surface area contributed by atoms with E-state index in [4.69, 9.17) is 4.74 Å². The maximum Gasteiger partial charge on any atom is 0.272 e. The molecule has 1 aromatic carbocycles. The van der Waals surface area contributed by atoms with E-state index in [1.54, 1.807) is 0 Å². The summed E-state index contributed by atoms with van der Waals surface area (Å²) < 4.78 is 5.43. The number of piperidine rings is 1. The average Bonchev–Trinajstić information content (AvgIpc) is 2.72. The number of fused-ring (bicyclic) bond motifs is 1. The summed E-state index contributed by atoms with van der Waals surface area (Å²) in [6.07, 6.45) is 4.44. The molecule has 0 aliphatic carbocycles. The van der Waals surface area contributed by atoms with Crippen LogP contribution in [0, 0.1) is 0 Å². The summed E-state index contributed by atoms with van der Waals surface area (Å²) in [6.45, 7) is 5.56. The number of aromatic nitrogens is 1. The van der Waals surface area contributed by atoms with E-state index in [0.717, 1.165) is 69.6 Å². The molecule has 1 aromatic heterocycles. The van der Waals surface area contributed by atoms with Gasteiger partial charge < -0.3 is 9.64 Å². The van der Waals surface area contributed by atoms with Crippen molar-refractivity contribution >= 4 is 16.8 Å². The Kier molecular flexibility index (Phi) is 5.46. The summed E-state index contributed by atoms with van der Waals surface area (Å²) in [5.41, 5.74) is 1.46. The van der Waals surface area contributed by atoms with Crippen LogP contribution >= 0.6 is 0 Å². The quantitative estimate of drug-likeness (QED) is 0.848. The van der Waals surface area contributed by atoms with Crippen molar-refractivity contribution in [3.05, 3.63) is 42.1 Å². The molecule has 2 aliphatic rings. The Hall–Kier alpha value is -1.98. The van der Waals surface area contributed by atoms with Crippen molar-refractivity contribution < 1.29 is 9.53 Å². The number of hydrogen-bond acceptors (Lipinski definition) is 4. The first kappa shape index (κ1) is 17.4. The summed E-state index contributed by atoms with van der Waals surface area (Å²) in [6, 6.07) is 12.2. The highest BCUT2D eigenvalue weighted by Gasteiger charge is 2.28. The topological polar surface area (TPSA) is 45.7 Å². The molecule has 1 amide bonds. The third kappa shape index (κ3) is 3.89. The molecule has 3 heterocycles. The van der Waals surface area contributed by atoms with Gasteiger partial charge in [0.1, 0.15) is 5.69 Å². The first-order valence-corrected chi connectivity index (χ1v) is 9.78. The van der Waals surface area contributed by atoms with Gasteiger partial charge in [0.25, 0.3) is 5.91 Å². The number of hydrogen-bond donors (Lipinski definition) is 0. The van der Waals surface area contributed by atoms with Crippen molar-refractivity contribution in [3.63, 3.8) is 0 Å². The van der Waals surface area contributed by atoms with Crippen molar-refractivity contribution in [1.29, 1.82) is 0 Å². The van der Waals surface area contributed by atoms with Crippen LogP contribution in [0.4, 0.5) is 0 Å². The molecule has 0 saturated carbocycles. The second-order valence-electron chi connectivity index (χ2n) is 7.28. The van der Waals surface area contributed by atoms with Crippen LogP contribution in [-0.4, -0.2) is 66.1 Å². The van der Waals surface area contributed by atoms with Gasteiger partial charge in [0, 0.05) is 37.6 Å². The van der Waals surface area contributed by atoms with Crippen LogP contribution in [0.2, 0.25) is 0 Å². The molecule has 2 fully saturated rings. The molecule has 2 saturated heterocycles. The molecular formula is C21H27N3O2. The summed E-state index contributed by atoms with van der Waals surface area (Å²) in [7, 11) is 0. The van der Waals surface area contributed by atoms with Gasteiger partial charge in [0.05, 0.1) is 18.7 Å². The Morgan fingerprint density at radius 3 is 2.81 bits per heavy atom. The van der Waals surface area contributed by atoms with E-state index in [9.17, 15) is 4.79 Å². The SMILES string of the molecule is O=C(c1ccc2ccccc2n1)N1CCCCC1CCN1CCOCC1. The summed E-state index contributed by atoms with van der Waals surface area (Å²) in [4.78, 5) is 22.3. The van der Waals surface area contributed by atoms with Crippen molar-refractivity contribution in [1.82, 2.24) is 14.8 Å². The van der Waals surface area contributed by atoms with Gasteiger partial charge >= 0.3 is 0 Å². The van der Waals surface area contributed by atoms with Gasteiger partial charge in [-0.05, 0) is 37.8 Å². The minimum Gasteiger partial charge on any atom is -0.379 e. The van der Waals surface area contributed by atoms with E-state index in [1.165, 1.54) is 6.42 Å². The molecule has 2 aliphatic heterocycles. The molecule has 26 heavy (non-hydrogen) atoms. The van der Waals surface area contributed by atoms with E-state index in [0.29, 0.717) is 11.7 Å². The van der Waals surface area contributed by atoms with Gasteiger partial charge in [-0.2, -0.15) is 0 Å². The van der Waals surface area contributed by atoms with Crippen LogP contribution in [0.1, 0.15) is 36.2 Å². The lowest BCUT2D eigenvalue weighted by molar-refractivity contribution is 0.0295. The lowest BCUT2D eigenvalue weighted by Crippen LogP contribution is -2.46. The van der Waals surface area contributed by atoms with Crippen LogP contribution < -0.4 is 0 Å². The molecule has 0 N–H and O–H groups in total. The summed E-state index contributed by atoms with van der Waals surface area (Å²) in [5.74, 6) is 0.0856. The van der Waals surface area contributed by atoms with E-state index in [1.807, 2.05) is 36.4 Å². The number of carbonyl (C=O) groups excluding carboxylic acids is 1. The van der Waals surface area contributed by atoms with Gasteiger partial charge in [-0.15, -0.1) is 0 Å². The van der Waals surface area contributed by atoms with Crippen molar-refractivity contribution in [2.45, 2.75) is 31.7 Å². The minimum atomic E-state index is 0.0856. The largest absolute Gasteiger partial charge is 0.379 e. The highest BCUT2D eigenvalue weighted by molar-refractivity contribution is 5.95. The maximum absolute atomic E-state index is 13.1. The molecular weight excluding hydrogens is 326 g/mol. The number of para-hydroxylation sites is 1. The predicted molar refractivity (Wildman–Crippen MR) is 102 cm³/mol. The number of pyridine rings is 1. The van der Waals surface area contributed by atoms with Crippen molar-refractivity contribution in [2.75, 3.05) is 39.4 Å². The summed E-state index contributed by atoms with van der Waals surface area (Å²) in [5, 5.41) is 1.08. The molecule has 0 radical (unpaired) electrons. The fourth-order valence-corrected chi connectivity index (χ4v) is 4.06. The van der Waals surface area contributed by atoms with Gasteiger partial charge in [-0.25, -0.2) is 4.98 Å². The Labute approximate surface area is 154 Å². The van der Waals surface area contributed by atoms with Gasteiger partial charge in [-0.1, -0.05) is 24.3 Å². The monoisotopic (exact) mass is 353 g/mol. The van der Waals surface area contributed by atoms with E-state index in [2.05, 4.69) is 14.8 Å². The average molecular weight is 353 g/mol. The highest BCUT2D eigenvalue weighted by atomic mass is 16.5. The van der Waals surface area contributed by atoms with Gasteiger partial charge in [0.15, 0.2) is 0 Å². The first-order chi connectivity index (χ1) is 12.8. The van der Waals surface area contributed by atoms with Crippen molar-refractivity contribution in [2.24, 2.45) is 0 Å². The van der Waals surface area contributed by atoms with Gasteiger partial charge in [0.2, 0.25) is 0 Å². The molecule has 138 valence electrons. The Balaban J connectivity index is 1.46. The van der Waals surface area contributed by atoms with E-state index in [-0.39, 0.29) is 5.91 Å². The highest BCUT2D eigenvalue weighted by Crippen LogP contribution is 2.23. The second-order valence-corrected chi connectivity index (χ2v) is 7.28. The number of morpholine rings is 1. The lowest BCUT2D eigenvalue weighted by Gasteiger charge is -2.37. The van der Waals surface area contributed by atoms with Crippen LogP contribution in [0.5, 0.6) is 0 Å². The number of amides is 1. The minimum absolute atomic E-state index is 0.0856. The fourth-order valence-electron chi connectivity index (χ4n) is 4.06. The normalized spacial score (nSPS) is 21.8. The Morgan fingerprint density at radius 2 is 1.92 bits per heavy atom. The third-order valence-electron chi connectivity index (χ3n) is 5.59. The van der Waals surface area contributed by atoms with Crippen LogP contribution in [0.25, 0.3) is 10.9 Å². The molecule has 5 heteroatoms. The summed E-state index contributed by atoms with van der Waals surface area (Å²) >= 11 is 0. The number of carbonyl (C=O) groups is 1. The second kappa shape index (κ2) is 8.14. The van der Waals surface area contributed by atoms with Crippen LogP contribution in [0.3, 0.4) is 0 Å². The molecule has 2 aromatic rings. The smallest absolute Gasteiger partial charge is 0.272 e. The van der Waals surface area contributed by atoms with E-state index >= 15 is 0 Å². The van der Waals surface area contributed by atoms with Crippen molar-refractivity contribution in [3.8, 4) is 0 Å². The Bertz CT molecular complexity index is 758. The molecule has 1 atom stereocenters. The predicted octanol–water partition coefficient (Wildman–Crippen LogP) is 2.95. The van der Waals surface area contributed by atoms with Crippen LogP contribution in [-0.2, 0) is 4.74 Å². The lowest BCUT2D eigenvalue weighted by atomic mass is 9.98. The Morgan fingerprint density at radius 1 is 1.08 bits per heavy atom. The zero-order chi connectivity index (χ0) is 17.8. The fraction of sp³-hybridized carbons (Fsp3) is 0.524. The molecule has 1 unspecified atom stereocenters.